The second kappa shape index (κ2) is 35.4. The molecule has 0 saturated carbocycles. The number of amides is 4. The van der Waals surface area contributed by atoms with Crippen molar-refractivity contribution in [1.82, 2.24) is 45.1 Å². The zero-order chi connectivity index (χ0) is 66.2. The van der Waals surface area contributed by atoms with Gasteiger partial charge in [0.05, 0.1) is 42.9 Å². The molecular formula is C69H93Cl2F2IN12O8S2. The highest BCUT2D eigenvalue weighted by molar-refractivity contribution is 14.1. The third-order valence-corrected chi connectivity index (χ3v) is 14.7. The number of hydrogen-bond acceptors (Lipinski definition) is 14. The van der Waals surface area contributed by atoms with Gasteiger partial charge in [0.1, 0.15) is 45.7 Å². The Kier molecular flexibility index (Phi) is 30.6. The summed E-state index contributed by atoms with van der Waals surface area (Å²) in [5.41, 5.74) is 3.05. The van der Waals surface area contributed by atoms with Gasteiger partial charge < -0.3 is 39.8 Å². The summed E-state index contributed by atoms with van der Waals surface area (Å²) in [4.78, 5) is 64.7. The highest BCUT2D eigenvalue weighted by atomic mass is 127. The molecule has 3 N–H and O–H groups in total. The third-order valence-electron chi connectivity index (χ3n) is 13.5. The number of nitrogens with one attached hydrogen (secondary N) is 3. The molecule has 0 spiro atoms. The van der Waals surface area contributed by atoms with Gasteiger partial charge in [0.15, 0.2) is 11.3 Å². The van der Waals surface area contributed by atoms with Gasteiger partial charge in [-0.15, -0.1) is 0 Å². The van der Waals surface area contributed by atoms with Crippen LogP contribution in [-0.4, -0.2) is 114 Å². The highest BCUT2D eigenvalue weighted by Gasteiger charge is 2.31. The van der Waals surface area contributed by atoms with E-state index in [1.165, 1.54) is 31.0 Å². The van der Waals surface area contributed by atoms with Crippen molar-refractivity contribution in [3.8, 4) is 22.5 Å². The quantitative estimate of drug-likeness (QED) is 0.0812. The van der Waals surface area contributed by atoms with Crippen LogP contribution < -0.4 is 30.7 Å². The van der Waals surface area contributed by atoms with Gasteiger partial charge in [0, 0.05) is 91.5 Å². The van der Waals surface area contributed by atoms with Crippen LogP contribution >= 0.6 is 72.8 Å². The lowest BCUT2D eigenvalue weighted by atomic mass is 10.1. The van der Waals surface area contributed by atoms with E-state index in [4.69, 9.17) is 47.1 Å². The van der Waals surface area contributed by atoms with Gasteiger partial charge in [0.2, 0.25) is 0 Å². The topological polar surface area (TPSA) is 211 Å². The smallest absolute Gasteiger partial charge is 0.416 e. The lowest BCUT2D eigenvalue weighted by molar-refractivity contribution is 0.0497. The van der Waals surface area contributed by atoms with Gasteiger partial charge in [-0.1, -0.05) is 81.9 Å². The van der Waals surface area contributed by atoms with E-state index in [1.807, 2.05) is 90.1 Å². The number of aromatic nitrogens is 6. The van der Waals surface area contributed by atoms with Crippen LogP contribution in [-0.2, 0) is 32.0 Å². The Morgan fingerprint density at radius 2 is 0.979 bits per heavy atom. The summed E-state index contributed by atoms with van der Waals surface area (Å²) in [6, 6.07) is 31.7. The van der Waals surface area contributed by atoms with Gasteiger partial charge >= 0.3 is 24.4 Å². The van der Waals surface area contributed by atoms with E-state index in [1.54, 1.807) is 102 Å². The molecule has 10 rings (SSSR count). The molecule has 96 heavy (non-hydrogen) atoms. The van der Waals surface area contributed by atoms with Crippen molar-refractivity contribution in [3.05, 3.63) is 158 Å². The second-order valence-corrected chi connectivity index (χ2v) is 27.9. The van der Waals surface area contributed by atoms with E-state index in [-0.39, 0.29) is 102 Å². The lowest BCUT2D eigenvalue weighted by Crippen LogP contribution is -2.40. The summed E-state index contributed by atoms with van der Waals surface area (Å²) < 4.78 is 55.6. The first-order valence-corrected chi connectivity index (χ1v) is 31.5. The number of anilines is 3. The van der Waals surface area contributed by atoms with E-state index < -0.39 is 52.3 Å². The maximum Gasteiger partial charge on any atom is 0.416 e. The fourth-order valence-electron chi connectivity index (χ4n) is 9.53. The van der Waals surface area contributed by atoms with Crippen LogP contribution in [0.3, 0.4) is 0 Å². The summed E-state index contributed by atoms with van der Waals surface area (Å²) in [5.74, 6) is -0.284. The Morgan fingerprint density at radius 3 is 1.36 bits per heavy atom. The van der Waals surface area contributed by atoms with Gasteiger partial charge in [-0.3, -0.25) is 9.80 Å². The fourth-order valence-corrected chi connectivity index (χ4v) is 10.2. The number of carbonyl (C=O) groups excluding carboxylic acids is 4. The van der Waals surface area contributed by atoms with Crippen molar-refractivity contribution in [2.45, 2.75) is 166 Å². The molecule has 524 valence electrons. The van der Waals surface area contributed by atoms with Gasteiger partial charge in [-0.25, -0.2) is 37.9 Å². The van der Waals surface area contributed by atoms with Gasteiger partial charge in [-0.05, 0) is 174 Å². The first kappa shape index (κ1) is 83.1. The van der Waals surface area contributed by atoms with E-state index in [9.17, 15) is 28.0 Å². The summed E-state index contributed by atoms with van der Waals surface area (Å²) in [6.07, 6.45) is 2.95. The summed E-state index contributed by atoms with van der Waals surface area (Å²) in [7, 11) is 0. The average molecular weight is 1520 g/mol. The predicted molar refractivity (Wildman–Crippen MR) is 399 cm³/mol. The van der Waals surface area contributed by atoms with E-state index in [2.05, 4.69) is 58.6 Å². The molecule has 0 bridgehead atoms. The zero-order valence-electron chi connectivity index (χ0n) is 54.0. The van der Waals surface area contributed by atoms with Crippen LogP contribution in [0.15, 0.2) is 122 Å². The Bertz CT molecular complexity index is 3870. The number of halogens is 5. The first-order valence-electron chi connectivity index (χ1n) is 29.6. The monoisotopic (exact) mass is 1520 g/mol. The molecule has 4 amide bonds. The Labute approximate surface area is 600 Å². The average Bonchev–Trinajstić information content (AvgIpc) is 1.41. The molecule has 20 nitrogen and oxygen atoms in total. The highest BCUT2D eigenvalue weighted by Crippen LogP contribution is 2.32. The van der Waals surface area contributed by atoms with Gasteiger partial charge in [0.25, 0.3) is 0 Å². The fraction of sp³-hybridized carbons (Fsp3) is 0.420. The number of carbonyl (C=O) groups is 4. The zero-order valence-corrected chi connectivity index (χ0v) is 59.7. The third kappa shape index (κ3) is 24.1. The van der Waals surface area contributed by atoms with Crippen molar-refractivity contribution in [2.75, 3.05) is 40.9 Å². The maximum absolute atomic E-state index is 14.9. The number of hydrogen-bond donors (Lipinski definition) is 3. The summed E-state index contributed by atoms with van der Waals surface area (Å²) >= 11 is 14.1. The van der Waals surface area contributed by atoms with Crippen LogP contribution in [0.1, 0.15) is 129 Å². The minimum absolute atomic E-state index is 0. The molecule has 27 heteroatoms. The molecule has 4 aromatic carbocycles. The minimum atomic E-state index is -0.792. The number of nitrogens with zero attached hydrogens (tertiary/aromatic N) is 9. The first-order chi connectivity index (χ1) is 42.7. The van der Waals surface area contributed by atoms with E-state index in [0.717, 1.165) is 52.9 Å². The number of ether oxygens (including phenoxy) is 4. The van der Waals surface area contributed by atoms with Crippen LogP contribution in [0.5, 0.6) is 0 Å². The molecule has 2 aliphatic rings. The van der Waals surface area contributed by atoms with E-state index in [0.29, 0.717) is 40.9 Å². The normalized spacial score (nSPS) is 14.2. The lowest BCUT2D eigenvalue weighted by Gasteiger charge is -2.28. The SMILES string of the molecule is C.C.C.CC(C)(C)OC(=O)N(Cc1ccc(Cl)cc1F)c1cc(-c2ccc(I)cc2)nc2ccnn12.CC(C)(C)OC(=O)N[C@H]1CCN(c2ccc(-c3cc(N(Cc4ccc(Cl)cc4F)C(=O)OC(C)(C)C)n4nccc4n3)cc2)C1.CC(C)(C)OC(=O)N[C@H]1CCNC1.S.S. The molecule has 2 aliphatic heterocycles. The summed E-state index contributed by atoms with van der Waals surface area (Å²) in [5, 5.41) is 18.2. The van der Waals surface area contributed by atoms with Crippen molar-refractivity contribution >= 4 is 126 Å². The van der Waals surface area contributed by atoms with Crippen LogP contribution in [0.4, 0.5) is 45.3 Å². The van der Waals surface area contributed by atoms with E-state index >= 15 is 0 Å². The van der Waals surface area contributed by atoms with Crippen molar-refractivity contribution in [1.29, 1.82) is 0 Å². The van der Waals surface area contributed by atoms with Crippen molar-refractivity contribution < 1.29 is 46.9 Å². The molecule has 4 aromatic heterocycles. The molecule has 2 saturated heterocycles. The van der Waals surface area contributed by atoms with Crippen LogP contribution in [0, 0.1) is 15.2 Å². The largest absolute Gasteiger partial charge is 0.444 e. The Morgan fingerprint density at radius 1 is 0.573 bits per heavy atom. The Balaban J connectivity index is 0.000000414. The molecular weight excluding hydrogens is 1420 g/mol. The van der Waals surface area contributed by atoms with Crippen molar-refractivity contribution in [2.24, 2.45) is 0 Å². The number of rotatable bonds is 11. The Hall–Kier alpha value is -7.17. The molecule has 0 radical (unpaired) electrons. The molecule has 2 atom stereocenters. The minimum Gasteiger partial charge on any atom is -0.444 e. The van der Waals surface area contributed by atoms with Crippen molar-refractivity contribution in [3.63, 3.8) is 0 Å². The molecule has 0 aliphatic carbocycles. The maximum atomic E-state index is 14.9. The number of benzene rings is 4. The van der Waals surface area contributed by atoms with Crippen LogP contribution in [0.25, 0.3) is 33.8 Å². The molecule has 0 unspecified atom stereocenters. The molecule has 6 heterocycles. The number of fused-ring (bicyclic) bond motifs is 2. The predicted octanol–water partition coefficient (Wildman–Crippen LogP) is 17.0. The standard InChI is InChI=1S/C33H38ClFN6O4.C24H21ClFIN4O2.C9H18N2O2.3CH4.2H2S/c1-32(2,3)44-30(42)37-24-14-16-39(20-24)25-11-8-21(9-12-25)27-18-29(41-28(38-27)13-15-36-41)40(31(43)45-33(4,5)6)19-22-7-10-23(34)17-26(22)35;1-24(2,3)33-23(32)30(14-16-4-7-17(25)12-19(16)26)22-13-20(15-5-8-18(27)9-6-15)29-21-10-11-28-31(21)22;1-9(2,3)13-8(12)11-7-4-5-10-6-7;;;;;/h7-13,15,17-18,24H,14,16,19-20H2,1-6H3,(H,37,42);4-13H,14H2,1-3H3;7,10H,4-6H2,1-3H3,(H,11,12);3*1H4;2*1H2/t24-;;7-;;;;;/m0.0...../s1. The van der Waals surface area contributed by atoms with Crippen LogP contribution in [0.2, 0.25) is 10.0 Å². The molecule has 2 fully saturated rings. The summed E-state index contributed by atoms with van der Waals surface area (Å²) in [6.45, 7) is 24.8. The number of alkyl carbamates (subject to hydrolysis) is 2. The second-order valence-electron chi connectivity index (χ2n) is 25.8. The van der Waals surface area contributed by atoms with Gasteiger partial charge in [-0.2, -0.15) is 46.2 Å². The molecule has 8 aromatic rings.